The van der Waals surface area contributed by atoms with Gasteiger partial charge in [-0.25, -0.2) is 0 Å². The van der Waals surface area contributed by atoms with Gasteiger partial charge in [-0.2, -0.15) is 0 Å². The third-order valence-corrected chi connectivity index (χ3v) is 4.99. The average molecular weight is 330 g/mol. The van der Waals surface area contributed by atoms with E-state index in [-0.39, 0.29) is 5.43 Å². The van der Waals surface area contributed by atoms with Crippen LogP contribution in [0.3, 0.4) is 0 Å². The summed E-state index contributed by atoms with van der Waals surface area (Å²) in [6, 6.07) is 21.6. The Bertz CT molecular complexity index is 1330. The van der Waals surface area contributed by atoms with Gasteiger partial charge in [0.25, 0.3) is 0 Å². The number of aromatic amines is 1. The third-order valence-electron chi connectivity index (χ3n) is 4.66. The molecule has 0 unspecified atom stereocenters. The number of hydrogen-bond donors (Lipinski definition) is 1. The molecule has 24 heavy (non-hydrogen) atoms. The molecule has 5 rings (SSSR count). The summed E-state index contributed by atoms with van der Waals surface area (Å²) in [5.74, 6) is 0. The standard InChI is InChI=1S/C21H12ClNO/c22-16-7-3-6-15-14(16)9-11-18-20(15)21(24)19-13-5-2-1-4-12(13)8-10-17(19)23-18/h1-11H,(H,23,24). The van der Waals surface area contributed by atoms with Crippen molar-refractivity contribution in [3.8, 4) is 0 Å². The predicted molar refractivity (Wildman–Crippen MR) is 102 cm³/mol. The van der Waals surface area contributed by atoms with Gasteiger partial charge in [0, 0.05) is 10.4 Å². The van der Waals surface area contributed by atoms with E-state index >= 15 is 0 Å². The van der Waals surface area contributed by atoms with Crippen LogP contribution in [-0.2, 0) is 0 Å². The number of fused-ring (bicyclic) bond motifs is 6. The molecular weight excluding hydrogens is 318 g/mol. The Kier molecular flexibility index (Phi) is 2.73. The lowest BCUT2D eigenvalue weighted by molar-refractivity contribution is 1.50. The highest BCUT2D eigenvalue weighted by molar-refractivity contribution is 6.36. The van der Waals surface area contributed by atoms with E-state index in [0.29, 0.717) is 10.4 Å². The van der Waals surface area contributed by atoms with Crippen molar-refractivity contribution in [1.29, 1.82) is 0 Å². The van der Waals surface area contributed by atoms with Crippen molar-refractivity contribution in [2.24, 2.45) is 0 Å². The number of benzene rings is 4. The minimum atomic E-state index is 0.0448. The van der Waals surface area contributed by atoms with Crippen LogP contribution in [0.15, 0.2) is 71.5 Å². The van der Waals surface area contributed by atoms with Crippen LogP contribution in [0.2, 0.25) is 5.02 Å². The quantitative estimate of drug-likeness (QED) is 0.289. The van der Waals surface area contributed by atoms with Crippen molar-refractivity contribution >= 4 is 55.0 Å². The first-order valence-corrected chi connectivity index (χ1v) is 8.16. The number of nitrogens with one attached hydrogen (secondary N) is 1. The van der Waals surface area contributed by atoms with Gasteiger partial charge in [0.1, 0.15) is 0 Å². The lowest BCUT2D eigenvalue weighted by Crippen LogP contribution is -2.05. The Labute approximate surface area is 142 Å². The summed E-state index contributed by atoms with van der Waals surface area (Å²) in [6.07, 6.45) is 0. The van der Waals surface area contributed by atoms with Gasteiger partial charge in [-0.15, -0.1) is 0 Å². The molecule has 3 heteroatoms. The van der Waals surface area contributed by atoms with E-state index in [2.05, 4.69) is 4.98 Å². The minimum Gasteiger partial charge on any atom is -0.354 e. The van der Waals surface area contributed by atoms with Gasteiger partial charge in [0.05, 0.1) is 21.8 Å². The van der Waals surface area contributed by atoms with Crippen molar-refractivity contribution < 1.29 is 0 Å². The molecule has 0 bridgehead atoms. The zero-order valence-corrected chi connectivity index (χ0v) is 13.4. The van der Waals surface area contributed by atoms with Crippen molar-refractivity contribution in [3.63, 3.8) is 0 Å². The highest BCUT2D eigenvalue weighted by Gasteiger charge is 2.12. The minimum absolute atomic E-state index is 0.0448. The first-order chi connectivity index (χ1) is 11.7. The second kappa shape index (κ2) is 4.83. The van der Waals surface area contributed by atoms with Gasteiger partial charge >= 0.3 is 0 Å². The Morgan fingerprint density at radius 2 is 1.38 bits per heavy atom. The smallest absolute Gasteiger partial charge is 0.198 e. The van der Waals surface area contributed by atoms with Crippen molar-refractivity contribution in [3.05, 3.63) is 82.0 Å². The molecule has 0 amide bonds. The van der Waals surface area contributed by atoms with E-state index in [9.17, 15) is 4.79 Å². The third kappa shape index (κ3) is 1.75. The molecule has 114 valence electrons. The molecule has 0 saturated heterocycles. The van der Waals surface area contributed by atoms with Gasteiger partial charge < -0.3 is 4.98 Å². The van der Waals surface area contributed by atoms with Crippen LogP contribution in [0.4, 0.5) is 0 Å². The number of pyridine rings is 1. The molecule has 0 spiro atoms. The molecule has 5 aromatic rings. The van der Waals surface area contributed by atoms with Crippen molar-refractivity contribution in [2.75, 3.05) is 0 Å². The van der Waals surface area contributed by atoms with E-state index in [4.69, 9.17) is 11.6 Å². The summed E-state index contributed by atoms with van der Waals surface area (Å²) < 4.78 is 0. The number of hydrogen-bond acceptors (Lipinski definition) is 1. The number of rotatable bonds is 0. The molecule has 0 fully saturated rings. The van der Waals surface area contributed by atoms with Gasteiger partial charge in [-0.1, -0.05) is 60.1 Å². The average Bonchev–Trinajstić information content (AvgIpc) is 2.61. The molecule has 0 radical (unpaired) electrons. The summed E-state index contributed by atoms with van der Waals surface area (Å²) in [7, 11) is 0. The SMILES string of the molecule is O=c1c2c(ccc3ccccc32)[nH]c2ccc3c(Cl)cccc3c12. The zero-order valence-electron chi connectivity index (χ0n) is 12.6. The molecular formula is C21H12ClNO. The summed E-state index contributed by atoms with van der Waals surface area (Å²) in [5, 5.41) is 5.90. The topological polar surface area (TPSA) is 32.9 Å². The predicted octanol–water partition coefficient (Wildman–Crippen LogP) is 5.64. The number of aromatic nitrogens is 1. The lowest BCUT2D eigenvalue weighted by Gasteiger charge is -2.09. The zero-order chi connectivity index (χ0) is 16.3. The van der Waals surface area contributed by atoms with Crippen LogP contribution in [0.1, 0.15) is 0 Å². The van der Waals surface area contributed by atoms with Crippen LogP contribution >= 0.6 is 11.6 Å². The first-order valence-electron chi connectivity index (χ1n) is 7.79. The second-order valence-corrected chi connectivity index (χ2v) is 6.39. The van der Waals surface area contributed by atoms with E-state index in [0.717, 1.165) is 38.0 Å². The fourth-order valence-electron chi connectivity index (χ4n) is 3.56. The van der Waals surface area contributed by atoms with Crippen molar-refractivity contribution in [1.82, 2.24) is 4.98 Å². The van der Waals surface area contributed by atoms with Gasteiger partial charge in [0.2, 0.25) is 0 Å². The molecule has 0 aliphatic heterocycles. The summed E-state index contributed by atoms with van der Waals surface area (Å²) in [4.78, 5) is 16.8. The fourth-order valence-corrected chi connectivity index (χ4v) is 3.80. The maximum absolute atomic E-state index is 13.4. The van der Waals surface area contributed by atoms with Crippen molar-refractivity contribution in [2.45, 2.75) is 0 Å². The van der Waals surface area contributed by atoms with E-state index in [1.54, 1.807) is 0 Å². The van der Waals surface area contributed by atoms with Gasteiger partial charge in [-0.3, -0.25) is 4.79 Å². The van der Waals surface area contributed by atoms with Crippen LogP contribution in [0.25, 0.3) is 43.4 Å². The summed E-state index contributed by atoms with van der Waals surface area (Å²) >= 11 is 6.31. The Morgan fingerprint density at radius 3 is 2.25 bits per heavy atom. The largest absolute Gasteiger partial charge is 0.354 e. The molecule has 0 saturated carbocycles. The highest BCUT2D eigenvalue weighted by Crippen LogP contribution is 2.30. The molecule has 1 heterocycles. The van der Waals surface area contributed by atoms with Crippen LogP contribution in [0.5, 0.6) is 0 Å². The molecule has 0 aliphatic carbocycles. The monoisotopic (exact) mass is 329 g/mol. The maximum atomic E-state index is 13.4. The van der Waals surface area contributed by atoms with Gasteiger partial charge in [0.15, 0.2) is 5.43 Å². The lowest BCUT2D eigenvalue weighted by atomic mass is 9.99. The molecule has 0 atom stereocenters. The van der Waals surface area contributed by atoms with Crippen LogP contribution in [-0.4, -0.2) is 4.98 Å². The molecule has 1 aromatic heterocycles. The van der Waals surface area contributed by atoms with E-state index in [1.807, 2.05) is 66.7 Å². The summed E-state index contributed by atoms with van der Waals surface area (Å²) in [5.41, 5.74) is 1.73. The first kappa shape index (κ1) is 13.6. The molecule has 4 aromatic carbocycles. The van der Waals surface area contributed by atoms with Gasteiger partial charge in [-0.05, 0) is 34.4 Å². The Morgan fingerprint density at radius 1 is 0.667 bits per heavy atom. The summed E-state index contributed by atoms with van der Waals surface area (Å²) in [6.45, 7) is 0. The second-order valence-electron chi connectivity index (χ2n) is 5.99. The normalized spacial score (nSPS) is 11.7. The van der Waals surface area contributed by atoms with Crippen LogP contribution in [0, 0.1) is 0 Å². The van der Waals surface area contributed by atoms with E-state index in [1.165, 1.54) is 0 Å². The molecule has 2 nitrogen and oxygen atoms in total. The Balaban J connectivity index is 2.13. The Hall–Kier alpha value is -2.84. The highest BCUT2D eigenvalue weighted by atomic mass is 35.5. The van der Waals surface area contributed by atoms with E-state index < -0.39 is 0 Å². The number of halogens is 1. The van der Waals surface area contributed by atoms with Crippen LogP contribution < -0.4 is 5.43 Å². The molecule has 0 aliphatic rings. The number of H-pyrrole nitrogens is 1. The maximum Gasteiger partial charge on any atom is 0.198 e. The fraction of sp³-hybridized carbons (Fsp3) is 0. The molecule has 1 N–H and O–H groups in total.